The number of hydrogen-bond acceptors (Lipinski definition) is 1. The van der Waals surface area contributed by atoms with Gasteiger partial charge in [0.25, 0.3) is 0 Å². The van der Waals surface area contributed by atoms with Gasteiger partial charge in [0.15, 0.2) is 0 Å². The number of nitriles is 1. The van der Waals surface area contributed by atoms with Crippen LogP contribution in [0.1, 0.15) is 46.5 Å². The molecule has 1 aliphatic carbocycles. The van der Waals surface area contributed by atoms with Gasteiger partial charge in [-0.15, -0.1) is 0 Å². The second-order valence-electron chi connectivity index (χ2n) is 5.48. The van der Waals surface area contributed by atoms with Crippen molar-refractivity contribution in [2.75, 3.05) is 0 Å². The second-order valence-corrected chi connectivity index (χ2v) is 5.48. The number of hydrogen-bond donors (Lipinski definition) is 0. The molecule has 0 aromatic rings. The zero-order valence-electron chi connectivity index (χ0n) is 9.59. The van der Waals surface area contributed by atoms with Gasteiger partial charge in [-0.1, -0.05) is 33.3 Å². The molecule has 0 radical (unpaired) electrons. The molecular weight excluding hydrogens is 170 g/mol. The van der Waals surface area contributed by atoms with Gasteiger partial charge >= 0.3 is 0 Å². The minimum absolute atomic E-state index is 0.430. The molecule has 14 heavy (non-hydrogen) atoms. The summed E-state index contributed by atoms with van der Waals surface area (Å²) in [5, 5.41) is 8.49. The first kappa shape index (κ1) is 11.3. The molecule has 0 saturated heterocycles. The summed E-state index contributed by atoms with van der Waals surface area (Å²) >= 11 is 0. The molecule has 1 aliphatic rings. The van der Waals surface area contributed by atoms with Crippen LogP contribution in [0.2, 0.25) is 0 Å². The van der Waals surface area contributed by atoms with Crippen LogP contribution in [0.15, 0.2) is 12.2 Å². The molecule has 0 spiro atoms. The summed E-state index contributed by atoms with van der Waals surface area (Å²) in [6.45, 7) is 6.98. The van der Waals surface area contributed by atoms with Gasteiger partial charge in [-0.05, 0) is 36.5 Å². The third-order valence-electron chi connectivity index (χ3n) is 3.38. The Hall–Kier alpha value is -0.770. The molecule has 78 valence electrons. The van der Waals surface area contributed by atoms with Crippen LogP contribution in [0, 0.1) is 28.6 Å². The lowest BCUT2D eigenvalue weighted by molar-refractivity contribution is 0.157. The van der Waals surface area contributed by atoms with Crippen molar-refractivity contribution < 1.29 is 0 Å². The van der Waals surface area contributed by atoms with Crippen LogP contribution in [0.4, 0.5) is 0 Å². The highest BCUT2D eigenvalue weighted by Gasteiger charge is 2.29. The lowest BCUT2D eigenvalue weighted by Crippen LogP contribution is -2.26. The highest BCUT2D eigenvalue weighted by atomic mass is 14.3. The number of rotatable bonds is 1. The third-order valence-corrected chi connectivity index (χ3v) is 3.38. The smallest absolute Gasteiger partial charge is 0.0908 e. The van der Waals surface area contributed by atoms with Gasteiger partial charge in [0.05, 0.1) is 6.07 Å². The summed E-state index contributed by atoms with van der Waals surface area (Å²) < 4.78 is 0. The molecule has 0 aromatic heterocycles. The summed E-state index contributed by atoms with van der Waals surface area (Å²) in [4.78, 5) is 0. The van der Waals surface area contributed by atoms with Crippen molar-refractivity contribution >= 4 is 0 Å². The molecule has 0 N–H and O–H groups in total. The normalized spacial score (nSPS) is 29.0. The molecule has 1 heteroatoms. The summed E-state index contributed by atoms with van der Waals surface area (Å²) in [5.74, 6) is 1.47. The Morgan fingerprint density at radius 3 is 2.57 bits per heavy atom. The summed E-state index contributed by atoms with van der Waals surface area (Å²) in [6.07, 6.45) is 8.96. The van der Waals surface area contributed by atoms with E-state index in [2.05, 4.69) is 32.9 Å². The van der Waals surface area contributed by atoms with Gasteiger partial charge in [0, 0.05) is 6.08 Å². The average Bonchev–Trinajstić information content (AvgIpc) is 2.14. The monoisotopic (exact) mass is 191 g/mol. The molecule has 0 aromatic carbocycles. The Kier molecular flexibility index (Phi) is 3.75. The molecule has 1 fully saturated rings. The minimum Gasteiger partial charge on any atom is -0.193 e. The van der Waals surface area contributed by atoms with Crippen molar-refractivity contribution in [1.82, 2.24) is 0 Å². The highest BCUT2D eigenvalue weighted by Crippen LogP contribution is 2.40. The molecule has 0 heterocycles. The van der Waals surface area contributed by atoms with Crippen molar-refractivity contribution in [3.05, 3.63) is 12.2 Å². The Labute approximate surface area is 87.8 Å². The summed E-state index contributed by atoms with van der Waals surface area (Å²) in [7, 11) is 0. The first-order valence-corrected chi connectivity index (χ1v) is 5.60. The molecule has 0 amide bonds. The fourth-order valence-corrected chi connectivity index (χ4v) is 2.37. The maximum Gasteiger partial charge on any atom is 0.0908 e. The number of nitrogens with zero attached hydrogens (tertiary/aromatic N) is 1. The van der Waals surface area contributed by atoms with Crippen LogP contribution in [0.5, 0.6) is 0 Å². The van der Waals surface area contributed by atoms with Gasteiger partial charge in [-0.2, -0.15) is 5.26 Å². The zero-order valence-corrected chi connectivity index (χ0v) is 9.59. The lowest BCUT2D eigenvalue weighted by atomic mass is 9.69. The van der Waals surface area contributed by atoms with E-state index >= 15 is 0 Å². The highest BCUT2D eigenvalue weighted by molar-refractivity contribution is 5.05. The van der Waals surface area contributed by atoms with E-state index in [1.54, 1.807) is 6.08 Å². The number of allylic oxidation sites excluding steroid dienone is 2. The standard InChI is InChI=1S/C13H21N/c1-13(2,3)12-8-4-6-11(10-12)7-5-9-14/h5,7,11-12H,4,6,8,10H2,1-3H3. The fourth-order valence-electron chi connectivity index (χ4n) is 2.37. The van der Waals surface area contributed by atoms with E-state index in [1.165, 1.54) is 25.7 Å². The Morgan fingerprint density at radius 2 is 2.00 bits per heavy atom. The Morgan fingerprint density at radius 1 is 1.29 bits per heavy atom. The van der Waals surface area contributed by atoms with E-state index in [0.717, 1.165) is 5.92 Å². The van der Waals surface area contributed by atoms with Gasteiger partial charge in [-0.25, -0.2) is 0 Å². The van der Waals surface area contributed by atoms with Crippen LogP contribution in [0.25, 0.3) is 0 Å². The quantitative estimate of drug-likeness (QED) is 0.576. The van der Waals surface area contributed by atoms with Gasteiger partial charge in [0.1, 0.15) is 0 Å². The van der Waals surface area contributed by atoms with Crippen molar-refractivity contribution in [2.24, 2.45) is 17.3 Å². The van der Waals surface area contributed by atoms with E-state index < -0.39 is 0 Å². The van der Waals surface area contributed by atoms with Crippen molar-refractivity contribution in [3.8, 4) is 6.07 Å². The Bertz CT molecular complexity index is 239. The van der Waals surface area contributed by atoms with Gasteiger partial charge < -0.3 is 0 Å². The first-order chi connectivity index (χ1) is 6.54. The van der Waals surface area contributed by atoms with E-state index in [4.69, 9.17) is 5.26 Å². The molecule has 0 bridgehead atoms. The van der Waals surface area contributed by atoms with E-state index in [1.807, 2.05) is 0 Å². The van der Waals surface area contributed by atoms with Crippen molar-refractivity contribution in [1.29, 1.82) is 5.26 Å². The fraction of sp³-hybridized carbons (Fsp3) is 0.769. The Balaban J connectivity index is 2.53. The van der Waals surface area contributed by atoms with Crippen LogP contribution in [-0.4, -0.2) is 0 Å². The molecule has 1 saturated carbocycles. The third kappa shape index (κ3) is 3.18. The molecule has 0 aliphatic heterocycles. The van der Waals surface area contributed by atoms with Crippen LogP contribution in [0.3, 0.4) is 0 Å². The molecule has 1 rings (SSSR count). The molecule has 2 atom stereocenters. The van der Waals surface area contributed by atoms with E-state index in [9.17, 15) is 0 Å². The van der Waals surface area contributed by atoms with Crippen LogP contribution in [-0.2, 0) is 0 Å². The predicted octanol–water partition coefficient (Wildman–Crippen LogP) is 3.92. The predicted molar refractivity (Wildman–Crippen MR) is 59.7 cm³/mol. The van der Waals surface area contributed by atoms with E-state index in [0.29, 0.717) is 11.3 Å². The molecular formula is C13H21N. The van der Waals surface area contributed by atoms with Gasteiger partial charge in [0.2, 0.25) is 0 Å². The maximum atomic E-state index is 8.49. The summed E-state index contributed by atoms with van der Waals surface area (Å²) in [6, 6.07) is 2.09. The first-order valence-electron chi connectivity index (χ1n) is 5.60. The average molecular weight is 191 g/mol. The SMILES string of the molecule is CC(C)(C)C1CCCC(C=CC#N)C1. The van der Waals surface area contributed by atoms with E-state index in [-0.39, 0.29) is 0 Å². The van der Waals surface area contributed by atoms with Crippen LogP contribution < -0.4 is 0 Å². The zero-order chi connectivity index (χ0) is 10.6. The lowest BCUT2D eigenvalue weighted by Gasteiger charge is -2.36. The topological polar surface area (TPSA) is 23.8 Å². The second kappa shape index (κ2) is 4.64. The van der Waals surface area contributed by atoms with Crippen LogP contribution >= 0.6 is 0 Å². The molecule has 2 unspecified atom stereocenters. The van der Waals surface area contributed by atoms with Crippen molar-refractivity contribution in [2.45, 2.75) is 46.5 Å². The van der Waals surface area contributed by atoms with Crippen molar-refractivity contribution in [3.63, 3.8) is 0 Å². The maximum absolute atomic E-state index is 8.49. The van der Waals surface area contributed by atoms with Gasteiger partial charge in [-0.3, -0.25) is 0 Å². The largest absolute Gasteiger partial charge is 0.193 e. The minimum atomic E-state index is 0.430. The summed E-state index contributed by atoms with van der Waals surface area (Å²) in [5.41, 5.74) is 0.430. The molecule has 1 nitrogen and oxygen atoms in total.